The first-order valence-electron chi connectivity index (χ1n) is 5.86. The number of imidazole rings is 1. The van der Waals surface area contributed by atoms with Crippen molar-refractivity contribution in [1.82, 2.24) is 25.3 Å². The Labute approximate surface area is 114 Å². The van der Waals surface area contributed by atoms with Crippen LogP contribution in [0.3, 0.4) is 0 Å². The van der Waals surface area contributed by atoms with Crippen LogP contribution in [0.15, 0.2) is 34.2 Å². The van der Waals surface area contributed by atoms with Gasteiger partial charge in [0.05, 0.1) is 18.6 Å². The highest BCUT2D eigenvalue weighted by Crippen LogP contribution is 2.26. The largest absolute Gasteiger partial charge is 0.464 e. The smallest absolute Gasteiger partial charge is 0.181 e. The molecule has 3 aromatic rings. The summed E-state index contributed by atoms with van der Waals surface area (Å²) < 4.78 is 5.69. The second kappa shape index (κ2) is 5.41. The molecule has 0 aliphatic carbocycles. The predicted octanol–water partition coefficient (Wildman–Crippen LogP) is 1.96. The van der Waals surface area contributed by atoms with Crippen molar-refractivity contribution in [1.29, 1.82) is 0 Å². The van der Waals surface area contributed by atoms with Crippen molar-refractivity contribution in [2.24, 2.45) is 0 Å². The van der Waals surface area contributed by atoms with Gasteiger partial charge in [0, 0.05) is 0 Å². The molecule has 0 unspecified atom stereocenters. The lowest BCUT2D eigenvalue weighted by molar-refractivity contribution is 0.469. The number of hydrogen-bond donors (Lipinski definition) is 2. The van der Waals surface area contributed by atoms with Gasteiger partial charge in [0.2, 0.25) is 0 Å². The Kier molecular flexibility index (Phi) is 3.47. The fraction of sp³-hybridized carbons (Fsp3) is 0.250. The van der Waals surface area contributed by atoms with Crippen molar-refractivity contribution in [3.63, 3.8) is 0 Å². The van der Waals surface area contributed by atoms with Gasteiger partial charge >= 0.3 is 0 Å². The third-order valence-electron chi connectivity index (χ3n) is 2.61. The van der Waals surface area contributed by atoms with Crippen LogP contribution in [0.2, 0.25) is 0 Å². The van der Waals surface area contributed by atoms with Crippen molar-refractivity contribution in [3.8, 4) is 0 Å². The summed E-state index contributed by atoms with van der Waals surface area (Å²) in [6.45, 7) is 0.739. The molecule has 0 saturated heterocycles. The maximum Gasteiger partial charge on any atom is 0.181 e. The SMILES string of the molecule is CNCc1ccc(CSc2ncnc3nc[nH]c23)o1. The monoisotopic (exact) mass is 275 g/mol. The molecule has 0 radical (unpaired) electrons. The fourth-order valence-electron chi connectivity index (χ4n) is 1.76. The van der Waals surface area contributed by atoms with E-state index in [9.17, 15) is 0 Å². The number of aromatic nitrogens is 4. The molecule has 0 fully saturated rings. The summed E-state index contributed by atoms with van der Waals surface area (Å²) in [6.07, 6.45) is 3.15. The van der Waals surface area contributed by atoms with Gasteiger partial charge in [-0.25, -0.2) is 15.0 Å². The first kappa shape index (κ1) is 12.2. The molecule has 3 aromatic heterocycles. The van der Waals surface area contributed by atoms with E-state index in [1.165, 1.54) is 6.33 Å². The highest BCUT2D eigenvalue weighted by atomic mass is 32.2. The lowest BCUT2D eigenvalue weighted by Crippen LogP contribution is -2.03. The van der Waals surface area contributed by atoms with E-state index in [0.717, 1.165) is 34.4 Å². The number of nitrogens with one attached hydrogen (secondary N) is 2. The molecule has 98 valence electrons. The molecule has 7 heteroatoms. The van der Waals surface area contributed by atoms with Crippen molar-refractivity contribution in [3.05, 3.63) is 36.3 Å². The second-order valence-corrected chi connectivity index (χ2v) is 4.93. The Bertz CT molecular complexity index is 677. The molecule has 0 atom stereocenters. The van der Waals surface area contributed by atoms with Crippen LogP contribution in [0.25, 0.3) is 11.2 Å². The summed E-state index contributed by atoms with van der Waals surface area (Å²) in [7, 11) is 1.90. The summed E-state index contributed by atoms with van der Waals surface area (Å²) in [4.78, 5) is 15.5. The van der Waals surface area contributed by atoms with Gasteiger partial charge < -0.3 is 14.7 Å². The zero-order valence-corrected chi connectivity index (χ0v) is 11.2. The summed E-state index contributed by atoms with van der Waals surface area (Å²) in [5, 5.41) is 3.94. The maximum atomic E-state index is 5.69. The van der Waals surface area contributed by atoms with Gasteiger partial charge in [-0.3, -0.25) is 0 Å². The van der Waals surface area contributed by atoms with Crippen LogP contribution in [-0.2, 0) is 12.3 Å². The van der Waals surface area contributed by atoms with Gasteiger partial charge in [0.15, 0.2) is 5.65 Å². The summed E-state index contributed by atoms with van der Waals surface area (Å²) in [5.41, 5.74) is 1.56. The standard InChI is InChI=1S/C12H13N5OS/c1-13-4-8-2-3-9(18-8)5-19-12-10-11(15-6-14-10)16-7-17-12/h2-3,6-7,13H,4-5H2,1H3,(H,14,15,16,17). The van der Waals surface area contributed by atoms with Crippen LogP contribution in [0.1, 0.15) is 11.5 Å². The Morgan fingerprint density at radius 2 is 2.16 bits per heavy atom. The summed E-state index contributed by atoms with van der Waals surface area (Å²) >= 11 is 1.60. The van der Waals surface area contributed by atoms with Crippen LogP contribution in [0.5, 0.6) is 0 Å². The van der Waals surface area contributed by atoms with Crippen molar-refractivity contribution >= 4 is 22.9 Å². The third-order valence-corrected chi connectivity index (χ3v) is 3.62. The minimum absolute atomic E-state index is 0.688. The van der Waals surface area contributed by atoms with E-state index >= 15 is 0 Å². The van der Waals surface area contributed by atoms with E-state index in [0.29, 0.717) is 5.65 Å². The van der Waals surface area contributed by atoms with Crippen molar-refractivity contribution in [2.75, 3.05) is 7.05 Å². The fourth-order valence-corrected chi connectivity index (χ4v) is 2.61. The molecular formula is C12H13N5OS. The number of nitrogens with zero attached hydrogens (tertiary/aromatic N) is 3. The Morgan fingerprint density at radius 3 is 3.05 bits per heavy atom. The molecule has 3 rings (SSSR count). The van der Waals surface area contributed by atoms with Crippen LogP contribution in [0.4, 0.5) is 0 Å². The number of furan rings is 1. The lowest BCUT2D eigenvalue weighted by Gasteiger charge is -1.99. The Balaban J connectivity index is 1.73. The average molecular weight is 275 g/mol. The van der Waals surface area contributed by atoms with Crippen LogP contribution < -0.4 is 5.32 Å². The zero-order valence-electron chi connectivity index (χ0n) is 10.4. The molecule has 0 aliphatic rings. The number of aromatic amines is 1. The van der Waals surface area contributed by atoms with E-state index in [2.05, 4.69) is 25.3 Å². The number of thioether (sulfide) groups is 1. The summed E-state index contributed by atoms with van der Waals surface area (Å²) in [6, 6.07) is 3.98. The van der Waals surface area contributed by atoms with Gasteiger partial charge in [-0.1, -0.05) is 11.8 Å². The Hall–Kier alpha value is -1.86. The van der Waals surface area contributed by atoms with Gasteiger partial charge in [0.25, 0.3) is 0 Å². The molecule has 6 nitrogen and oxygen atoms in total. The molecule has 0 saturated carbocycles. The molecule has 3 heterocycles. The highest BCUT2D eigenvalue weighted by molar-refractivity contribution is 7.98. The molecule has 0 spiro atoms. The number of H-pyrrole nitrogens is 1. The molecule has 0 bridgehead atoms. The van der Waals surface area contributed by atoms with Gasteiger partial charge in [-0.05, 0) is 19.2 Å². The molecule has 2 N–H and O–H groups in total. The van der Waals surface area contributed by atoms with E-state index < -0.39 is 0 Å². The first-order valence-corrected chi connectivity index (χ1v) is 6.84. The zero-order chi connectivity index (χ0) is 13.1. The van der Waals surface area contributed by atoms with E-state index in [1.807, 2.05) is 19.2 Å². The van der Waals surface area contributed by atoms with Crippen LogP contribution in [-0.4, -0.2) is 27.0 Å². The highest BCUT2D eigenvalue weighted by Gasteiger charge is 2.08. The normalized spacial score (nSPS) is 11.2. The molecular weight excluding hydrogens is 262 g/mol. The number of rotatable bonds is 5. The molecule has 0 amide bonds. The van der Waals surface area contributed by atoms with Crippen LogP contribution >= 0.6 is 11.8 Å². The first-order chi connectivity index (χ1) is 9.36. The van der Waals surface area contributed by atoms with Crippen molar-refractivity contribution < 1.29 is 4.42 Å². The summed E-state index contributed by atoms with van der Waals surface area (Å²) in [5.74, 6) is 2.60. The quantitative estimate of drug-likeness (QED) is 0.547. The average Bonchev–Trinajstić information content (AvgIpc) is 3.05. The molecule has 0 aromatic carbocycles. The number of hydrogen-bond acceptors (Lipinski definition) is 6. The van der Waals surface area contributed by atoms with Gasteiger partial charge in [-0.15, -0.1) is 0 Å². The maximum absolute atomic E-state index is 5.69. The van der Waals surface area contributed by atoms with E-state index in [4.69, 9.17) is 4.42 Å². The second-order valence-electron chi connectivity index (χ2n) is 3.97. The van der Waals surface area contributed by atoms with E-state index in [-0.39, 0.29) is 0 Å². The minimum Gasteiger partial charge on any atom is -0.464 e. The topological polar surface area (TPSA) is 79.6 Å². The molecule has 19 heavy (non-hydrogen) atoms. The number of fused-ring (bicyclic) bond motifs is 1. The van der Waals surface area contributed by atoms with Gasteiger partial charge in [-0.2, -0.15) is 0 Å². The van der Waals surface area contributed by atoms with Gasteiger partial charge in [0.1, 0.15) is 28.4 Å². The minimum atomic E-state index is 0.688. The Morgan fingerprint density at radius 1 is 1.26 bits per heavy atom. The third kappa shape index (κ3) is 2.61. The van der Waals surface area contributed by atoms with E-state index in [1.54, 1.807) is 18.1 Å². The van der Waals surface area contributed by atoms with Crippen LogP contribution in [0, 0.1) is 0 Å². The van der Waals surface area contributed by atoms with Crippen molar-refractivity contribution in [2.45, 2.75) is 17.3 Å². The predicted molar refractivity (Wildman–Crippen MR) is 72.7 cm³/mol. The molecule has 0 aliphatic heterocycles. The lowest BCUT2D eigenvalue weighted by atomic mass is 10.4.